The van der Waals surface area contributed by atoms with Gasteiger partial charge in [0.1, 0.15) is 17.3 Å². The largest absolute Gasteiger partial charge is 0.493 e. The first-order valence-corrected chi connectivity index (χ1v) is 9.84. The van der Waals surface area contributed by atoms with Crippen molar-refractivity contribution < 1.29 is 23.1 Å². The number of ether oxygens (including phenoxy) is 2. The molecule has 11 heteroatoms. The molecular formula is C22H21FN6O4. The quantitative estimate of drug-likeness (QED) is 0.437. The number of oxazole rings is 1. The molecule has 4 aromatic rings. The summed E-state index contributed by atoms with van der Waals surface area (Å²) in [7, 11) is 3.10. The number of nitrogens with zero attached hydrogens (tertiary/aromatic N) is 4. The van der Waals surface area contributed by atoms with Gasteiger partial charge >= 0.3 is 0 Å². The van der Waals surface area contributed by atoms with E-state index in [2.05, 4.69) is 20.6 Å². The van der Waals surface area contributed by atoms with Gasteiger partial charge < -0.3 is 24.9 Å². The Hall–Kier alpha value is -4.41. The SMILES string of the molecule is COc1ccc(-c2nc(Cn3nnc(C(=O)Nc4ccccc4F)c3N)c(C)o2)cc1OC. The van der Waals surface area contributed by atoms with Crippen LogP contribution in [-0.2, 0) is 6.54 Å². The van der Waals surface area contributed by atoms with Crippen molar-refractivity contribution in [3.8, 4) is 23.0 Å². The number of aromatic nitrogens is 4. The Kier molecular flexibility index (Phi) is 5.94. The summed E-state index contributed by atoms with van der Waals surface area (Å²) in [6.07, 6.45) is 0. The number of nitrogen functional groups attached to an aromatic ring is 1. The van der Waals surface area contributed by atoms with Gasteiger partial charge in [-0.05, 0) is 37.3 Å². The molecule has 0 saturated heterocycles. The van der Waals surface area contributed by atoms with Crippen molar-refractivity contribution in [3.63, 3.8) is 0 Å². The van der Waals surface area contributed by atoms with Gasteiger partial charge in [0.25, 0.3) is 5.91 Å². The number of carbonyl (C=O) groups is 1. The molecule has 0 aliphatic rings. The number of para-hydroxylation sites is 1. The molecule has 0 saturated carbocycles. The number of methoxy groups -OCH3 is 2. The summed E-state index contributed by atoms with van der Waals surface area (Å²) < 4.78 is 31.5. The van der Waals surface area contributed by atoms with Crippen LogP contribution < -0.4 is 20.5 Å². The standard InChI is InChI=1S/C22H21FN6O4/c1-12-16(26-22(33-12)13-8-9-17(31-2)18(10-13)32-3)11-29-20(24)19(27-28-29)21(30)25-15-7-5-4-6-14(15)23/h4-10H,11,24H2,1-3H3,(H,25,30). The monoisotopic (exact) mass is 452 g/mol. The Balaban J connectivity index is 1.55. The minimum Gasteiger partial charge on any atom is -0.493 e. The molecule has 0 aliphatic heterocycles. The smallest absolute Gasteiger partial charge is 0.280 e. The first-order valence-electron chi connectivity index (χ1n) is 9.84. The number of nitrogens with two attached hydrogens (primary N) is 1. The van der Waals surface area contributed by atoms with E-state index >= 15 is 0 Å². The molecule has 0 unspecified atom stereocenters. The van der Waals surface area contributed by atoms with Crippen LogP contribution in [0.15, 0.2) is 46.9 Å². The fourth-order valence-corrected chi connectivity index (χ4v) is 3.15. The van der Waals surface area contributed by atoms with Crippen LogP contribution in [0, 0.1) is 12.7 Å². The Morgan fingerprint density at radius 1 is 1.18 bits per heavy atom. The van der Waals surface area contributed by atoms with Crippen molar-refractivity contribution >= 4 is 17.4 Å². The van der Waals surface area contributed by atoms with Gasteiger partial charge in [0, 0.05) is 5.56 Å². The van der Waals surface area contributed by atoms with Crippen LogP contribution in [0.4, 0.5) is 15.9 Å². The van der Waals surface area contributed by atoms with Crippen molar-refractivity contribution in [2.75, 3.05) is 25.3 Å². The fourth-order valence-electron chi connectivity index (χ4n) is 3.15. The predicted octanol–water partition coefficient (Wildman–Crippen LogP) is 3.28. The molecule has 2 aromatic heterocycles. The maximum Gasteiger partial charge on any atom is 0.280 e. The summed E-state index contributed by atoms with van der Waals surface area (Å²) in [5.74, 6) is 0.815. The van der Waals surface area contributed by atoms with E-state index in [0.717, 1.165) is 0 Å². The second-order valence-electron chi connectivity index (χ2n) is 7.01. The van der Waals surface area contributed by atoms with Crippen molar-refractivity contribution in [1.82, 2.24) is 20.0 Å². The normalized spacial score (nSPS) is 10.8. The van der Waals surface area contributed by atoms with Crippen LogP contribution in [0.25, 0.3) is 11.5 Å². The predicted molar refractivity (Wildman–Crippen MR) is 118 cm³/mol. The molecule has 0 radical (unpaired) electrons. The Bertz CT molecular complexity index is 1320. The lowest BCUT2D eigenvalue weighted by Crippen LogP contribution is -2.16. The number of carbonyl (C=O) groups excluding carboxylic acids is 1. The Labute approximate surface area is 188 Å². The molecule has 4 rings (SSSR count). The fraction of sp³-hybridized carbons (Fsp3) is 0.182. The van der Waals surface area contributed by atoms with E-state index < -0.39 is 11.7 Å². The molecule has 0 atom stereocenters. The van der Waals surface area contributed by atoms with Crippen LogP contribution in [0.5, 0.6) is 11.5 Å². The molecule has 0 bridgehead atoms. The lowest BCUT2D eigenvalue weighted by molar-refractivity contribution is 0.102. The van der Waals surface area contributed by atoms with E-state index in [-0.39, 0.29) is 23.7 Å². The highest BCUT2D eigenvalue weighted by Crippen LogP contribution is 2.32. The third-order valence-corrected chi connectivity index (χ3v) is 4.93. The number of hydrogen-bond donors (Lipinski definition) is 2. The van der Waals surface area contributed by atoms with E-state index in [1.54, 1.807) is 45.4 Å². The van der Waals surface area contributed by atoms with Gasteiger partial charge in [0.15, 0.2) is 23.0 Å². The number of nitrogens with one attached hydrogen (secondary N) is 1. The van der Waals surface area contributed by atoms with Gasteiger partial charge in [-0.15, -0.1) is 5.10 Å². The van der Waals surface area contributed by atoms with Crippen molar-refractivity contribution in [2.24, 2.45) is 0 Å². The summed E-state index contributed by atoms with van der Waals surface area (Å²) in [5.41, 5.74) is 7.21. The molecule has 33 heavy (non-hydrogen) atoms. The molecule has 0 fully saturated rings. The highest BCUT2D eigenvalue weighted by Gasteiger charge is 2.21. The summed E-state index contributed by atoms with van der Waals surface area (Å²) in [5, 5.41) is 10.2. The molecule has 170 valence electrons. The Morgan fingerprint density at radius 3 is 2.67 bits per heavy atom. The van der Waals surface area contributed by atoms with Gasteiger partial charge in [-0.3, -0.25) is 4.79 Å². The maximum atomic E-state index is 13.8. The summed E-state index contributed by atoms with van der Waals surface area (Å²) in [4.78, 5) is 17.0. The van der Waals surface area contributed by atoms with Gasteiger partial charge in [0.05, 0.1) is 26.5 Å². The van der Waals surface area contributed by atoms with E-state index in [9.17, 15) is 9.18 Å². The molecule has 2 heterocycles. The summed E-state index contributed by atoms with van der Waals surface area (Å²) >= 11 is 0. The molecule has 0 aliphatic carbocycles. The third kappa shape index (κ3) is 4.33. The lowest BCUT2D eigenvalue weighted by Gasteiger charge is -2.07. The van der Waals surface area contributed by atoms with Crippen molar-refractivity contribution in [1.29, 1.82) is 0 Å². The van der Waals surface area contributed by atoms with Crippen LogP contribution in [-0.4, -0.2) is 40.1 Å². The molecule has 2 aromatic carbocycles. The second kappa shape index (κ2) is 8.99. The van der Waals surface area contributed by atoms with Crippen LogP contribution in [0.2, 0.25) is 0 Å². The second-order valence-corrected chi connectivity index (χ2v) is 7.01. The number of anilines is 2. The first kappa shape index (κ1) is 21.8. The summed E-state index contributed by atoms with van der Waals surface area (Å²) in [6.45, 7) is 1.87. The lowest BCUT2D eigenvalue weighted by atomic mass is 10.2. The number of rotatable bonds is 7. The first-order chi connectivity index (χ1) is 15.9. The number of hydrogen-bond acceptors (Lipinski definition) is 8. The number of benzene rings is 2. The van der Waals surface area contributed by atoms with Gasteiger partial charge in [0.2, 0.25) is 5.89 Å². The zero-order chi connectivity index (χ0) is 23.5. The third-order valence-electron chi connectivity index (χ3n) is 4.93. The van der Waals surface area contributed by atoms with Gasteiger partial charge in [-0.25, -0.2) is 14.1 Å². The van der Waals surface area contributed by atoms with Crippen LogP contribution in [0.1, 0.15) is 21.9 Å². The highest BCUT2D eigenvalue weighted by molar-refractivity contribution is 6.05. The number of halogens is 1. The molecule has 1 amide bonds. The number of amides is 1. The van der Waals surface area contributed by atoms with Crippen LogP contribution >= 0.6 is 0 Å². The topological polar surface area (TPSA) is 130 Å². The minimum absolute atomic E-state index is 0.0129. The zero-order valence-corrected chi connectivity index (χ0v) is 18.1. The van der Waals surface area contributed by atoms with Gasteiger partial charge in [-0.1, -0.05) is 17.3 Å². The number of aryl methyl sites for hydroxylation is 1. The summed E-state index contributed by atoms with van der Waals surface area (Å²) in [6, 6.07) is 11.1. The Morgan fingerprint density at radius 2 is 1.94 bits per heavy atom. The molecular weight excluding hydrogens is 431 g/mol. The maximum absolute atomic E-state index is 13.8. The van der Waals surface area contributed by atoms with Gasteiger partial charge in [-0.2, -0.15) is 0 Å². The van der Waals surface area contributed by atoms with Crippen molar-refractivity contribution in [3.05, 3.63) is 65.4 Å². The van der Waals surface area contributed by atoms with E-state index in [1.807, 2.05) is 0 Å². The molecule has 0 spiro atoms. The minimum atomic E-state index is -0.674. The van der Waals surface area contributed by atoms with E-state index in [4.69, 9.17) is 19.6 Å². The average Bonchev–Trinajstić information content (AvgIpc) is 3.37. The van der Waals surface area contributed by atoms with E-state index in [0.29, 0.717) is 34.4 Å². The van der Waals surface area contributed by atoms with E-state index in [1.165, 1.54) is 22.9 Å². The zero-order valence-electron chi connectivity index (χ0n) is 18.1. The highest BCUT2D eigenvalue weighted by atomic mass is 19.1. The van der Waals surface area contributed by atoms with Crippen LogP contribution in [0.3, 0.4) is 0 Å². The average molecular weight is 452 g/mol. The van der Waals surface area contributed by atoms with Crippen molar-refractivity contribution in [2.45, 2.75) is 13.5 Å². The molecule has 10 nitrogen and oxygen atoms in total. The molecule has 3 N–H and O–H groups in total.